The molecule has 0 saturated heterocycles. The molecule has 5 heteroatoms. The van der Waals surface area contributed by atoms with Gasteiger partial charge in [-0.25, -0.2) is 15.0 Å². The molecule has 0 spiro atoms. The number of fused-ring (bicyclic) bond motifs is 3. The number of para-hydroxylation sites is 1. The van der Waals surface area contributed by atoms with E-state index in [1.54, 1.807) is 0 Å². The fraction of sp³-hybridized carbons (Fsp3) is 0. The first-order valence-corrected chi connectivity index (χ1v) is 16.3. The van der Waals surface area contributed by atoms with Gasteiger partial charge in [0.05, 0.1) is 16.7 Å². The molecule has 0 bridgehead atoms. The minimum absolute atomic E-state index is 0.610. The van der Waals surface area contributed by atoms with Gasteiger partial charge in [0.15, 0.2) is 17.5 Å². The van der Waals surface area contributed by atoms with Crippen LogP contribution in [0.5, 0.6) is 0 Å². The molecule has 0 amide bonds. The average Bonchev–Trinajstić information content (AvgIpc) is 3.52. The second kappa shape index (κ2) is 12.1. The zero-order valence-electron chi connectivity index (χ0n) is 26.5. The zero-order valence-corrected chi connectivity index (χ0v) is 26.5. The van der Waals surface area contributed by atoms with Crippen LogP contribution < -0.4 is 0 Å². The summed E-state index contributed by atoms with van der Waals surface area (Å²) in [5, 5.41) is 2.38. The van der Waals surface area contributed by atoms with Crippen molar-refractivity contribution in [3.05, 3.63) is 176 Å². The van der Waals surface area contributed by atoms with Crippen molar-refractivity contribution in [1.29, 1.82) is 0 Å². The first kappa shape index (κ1) is 28.5. The van der Waals surface area contributed by atoms with Gasteiger partial charge in [-0.2, -0.15) is 0 Å². The minimum atomic E-state index is 0.610. The molecule has 0 aliphatic carbocycles. The fourth-order valence-electron chi connectivity index (χ4n) is 6.60. The maximum atomic E-state index is 5.05. The van der Waals surface area contributed by atoms with E-state index in [-0.39, 0.29) is 0 Å². The van der Waals surface area contributed by atoms with Gasteiger partial charge in [0.2, 0.25) is 0 Å². The van der Waals surface area contributed by atoms with E-state index in [0.29, 0.717) is 17.5 Å². The number of rotatable bonds is 6. The van der Waals surface area contributed by atoms with E-state index < -0.39 is 0 Å². The SMILES string of the molecule is c1ccc(-c2ccc3c(c2)c2ccccc2n3-c2cc(-c3nc(-c4ccccc4)nc(-c4ccccc4)n3)ccc2-c2cccnc2)cc1. The van der Waals surface area contributed by atoms with E-state index >= 15 is 0 Å². The van der Waals surface area contributed by atoms with Crippen LogP contribution >= 0.6 is 0 Å². The third-order valence-corrected chi connectivity index (χ3v) is 8.95. The van der Waals surface area contributed by atoms with Crippen molar-refractivity contribution in [2.75, 3.05) is 0 Å². The first-order chi connectivity index (χ1) is 24.3. The highest BCUT2D eigenvalue weighted by Crippen LogP contribution is 2.39. The summed E-state index contributed by atoms with van der Waals surface area (Å²) < 4.78 is 2.36. The maximum absolute atomic E-state index is 5.05. The van der Waals surface area contributed by atoms with Crippen LogP contribution in [0.1, 0.15) is 0 Å². The van der Waals surface area contributed by atoms with Gasteiger partial charge in [-0.3, -0.25) is 4.98 Å². The Labute approximate surface area is 283 Å². The van der Waals surface area contributed by atoms with Crippen molar-refractivity contribution in [3.63, 3.8) is 0 Å². The topological polar surface area (TPSA) is 56.5 Å². The average molecular weight is 628 g/mol. The Bertz CT molecular complexity index is 2520. The van der Waals surface area contributed by atoms with Gasteiger partial charge in [0.25, 0.3) is 0 Å². The summed E-state index contributed by atoms with van der Waals surface area (Å²) in [4.78, 5) is 19.5. The van der Waals surface area contributed by atoms with E-state index in [4.69, 9.17) is 15.0 Å². The molecule has 6 aromatic carbocycles. The summed E-state index contributed by atoms with van der Waals surface area (Å²) in [6.07, 6.45) is 3.73. The van der Waals surface area contributed by atoms with Gasteiger partial charge >= 0.3 is 0 Å². The predicted octanol–water partition coefficient (Wildman–Crippen LogP) is 10.7. The number of hydrogen-bond donors (Lipinski definition) is 0. The lowest BCUT2D eigenvalue weighted by Crippen LogP contribution is -2.02. The van der Waals surface area contributed by atoms with Gasteiger partial charge in [-0.15, -0.1) is 0 Å². The highest BCUT2D eigenvalue weighted by Gasteiger charge is 2.19. The van der Waals surface area contributed by atoms with Crippen molar-refractivity contribution in [2.24, 2.45) is 0 Å². The summed E-state index contributed by atoms with van der Waals surface area (Å²) >= 11 is 0. The van der Waals surface area contributed by atoms with Crippen LogP contribution in [0.15, 0.2) is 176 Å². The van der Waals surface area contributed by atoms with Crippen molar-refractivity contribution < 1.29 is 0 Å². The lowest BCUT2D eigenvalue weighted by Gasteiger charge is -2.16. The number of benzene rings is 6. The Morgan fingerprint density at radius 2 is 0.918 bits per heavy atom. The first-order valence-electron chi connectivity index (χ1n) is 16.3. The van der Waals surface area contributed by atoms with Crippen LogP contribution in [0.3, 0.4) is 0 Å². The van der Waals surface area contributed by atoms with E-state index in [9.17, 15) is 0 Å². The van der Waals surface area contributed by atoms with Crippen LogP contribution in [0, 0.1) is 0 Å². The van der Waals surface area contributed by atoms with Gasteiger partial charge in [0.1, 0.15) is 0 Å². The van der Waals surface area contributed by atoms with Crippen LogP contribution in [-0.2, 0) is 0 Å². The molecule has 49 heavy (non-hydrogen) atoms. The Balaban J connectivity index is 1.31. The normalized spacial score (nSPS) is 11.3. The molecule has 3 aromatic heterocycles. The lowest BCUT2D eigenvalue weighted by molar-refractivity contribution is 1.07. The third kappa shape index (κ3) is 5.24. The number of nitrogens with zero attached hydrogens (tertiary/aromatic N) is 5. The predicted molar refractivity (Wildman–Crippen MR) is 199 cm³/mol. The number of pyridine rings is 1. The van der Waals surface area contributed by atoms with Crippen LogP contribution in [0.4, 0.5) is 0 Å². The molecule has 0 fully saturated rings. The van der Waals surface area contributed by atoms with Gasteiger partial charge in [-0.1, -0.05) is 133 Å². The Kier molecular flexibility index (Phi) is 7.06. The van der Waals surface area contributed by atoms with E-state index in [0.717, 1.165) is 44.5 Å². The molecule has 0 aliphatic heterocycles. The standard InChI is InChI=1S/C44H29N5/c1-4-13-30(14-5-1)33-23-25-40-38(27-33)37-20-10-11-21-39(37)49(40)41-28-34(22-24-36(41)35-19-12-26-45-29-35)44-47-42(31-15-6-2-7-16-31)46-43(48-44)32-17-8-3-9-18-32/h1-29H. The summed E-state index contributed by atoms with van der Waals surface area (Å²) in [6, 6.07) is 56.7. The molecule has 0 N–H and O–H groups in total. The molecular weight excluding hydrogens is 599 g/mol. The molecule has 0 aliphatic rings. The lowest BCUT2D eigenvalue weighted by atomic mass is 10.0. The molecule has 9 aromatic rings. The second-order valence-electron chi connectivity index (χ2n) is 12.0. The highest BCUT2D eigenvalue weighted by molar-refractivity contribution is 6.11. The zero-order chi connectivity index (χ0) is 32.6. The molecule has 230 valence electrons. The molecule has 0 radical (unpaired) electrons. The molecule has 3 heterocycles. The van der Waals surface area contributed by atoms with Gasteiger partial charge in [-0.05, 0) is 41.5 Å². The van der Waals surface area contributed by atoms with Crippen molar-refractivity contribution in [2.45, 2.75) is 0 Å². The Hall–Kier alpha value is -6.72. The Morgan fingerprint density at radius 3 is 1.57 bits per heavy atom. The molecule has 0 saturated carbocycles. The smallest absolute Gasteiger partial charge is 0.164 e. The number of aromatic nitrogens is 5. The van der Waals surface area contributed by atoms with Crippen molar-refractivity contribution in [3.8, 4) is 62.1 Å². The summed E-state index contributed by atoms with van der Waals surface area (Å²) in [7, 11) is 0. The van der Waals surface area contributed by atoms with E-state index in [1.807, 2.05) is 79.1 Å². The van der Waals surface area contributed by atoms with Gasteiger partial charge < -0.3 is 4.57 Å². The van der Waals surface area contributed by atoms with Crippen molar-refractivity contribution in [1.82, 2.24) is 24.5 Å². The Morgan fingerprint density at radius 1 is 0.367 bits per heavy atom. The number of hydrogen-bond acceptors (Lipinski definition) is 4. The van der Waals surface area contributed by atoms with Gasteiger partial charge in [0, 0.05) is 51.0 Å². The summed E-state index contributed by atoms with van der Waals surface area (Å²) in [5.41, 5.74) is 10.5. The minimum Gasteiger partial charge on any atom is -0.309 e. The van der Waals surface area contributed by atoms with E-state index in [2.05, 4.69) is 107 Å². The molecule has 0 atom stereocenters. The van der Waals surface area contributed by atoms with Crippen molar-refractivity contribution >= 4 is 21.8 Å². The molecular formula is C44H29N5. The van der Waals surface area contributed by atoms with Crippen LogP contribution in [0.2, 0.25) is 0 Å². The summed E-state index contributed by atoms with van der Waals surface area (Å²) in [6.45, 7) is 0. The fourth-order valence-corrected chi connectivity index (χ4v) is 6.60. The molecule has 0 unspecified atom stereocenters. The van der Waals surface area contributed by atoms with E-state index in [1.165, 1.54) is 21.9 Å². The maximum Gasteiger partial charge on any atom is 0.164 e. The third-order valence-electron chi connectivity index (χ3n) is 8.95. The second-order valence-corrected chi connectivity index (χ2v) is 12.0. The largest absolute Gasteiger partial charge is 0.309 e. The summed E-state index contributed by atoms with van der Waals surface area (Å²) in [5.74, 6) is 1.87. The quantitative estimate of drug-likeness (QED) is 0.184. The monoisotopic (exact) mass is 627 g/mol. The molecule has 9 rings (SSSR count). The highest BCUT2D eigenvalue weighted by atomic mass is 15.0. The molecule has 5 nitrogen and oxygen atoms in total. The van der Waals surface area contributed by atoms with Crippen LogP contribution in [0.25, 0.3) is 83.9 Å². The van der Waals surface area contributed by atoms with Crippen LogP contribution in [-0.4, -0.2) is 24.5 Å².